The topological polar surface area (TPSA) is 52.7 Å². The molecule has 0 fully saturated rings. The number of nitrogens with zero attached hydrogens (tertiary/aromatic N) is 1. The maximum atomic E-state index is 4.18. The molecule has 0 radical (unpaired) electrons. The number of rotatable bonds is 5. The first kappa shape index (κ1) is 11.0. The smallest absolute Gasteiger partial charge is 0.0931 e. The molecule has 4 nitrogen and oxygen atoms in total. The van der Waals surface area contributed by atoms with Crippen molar-refractivity contribution in [2.24, 2.45) is 0 Å². The fourth-order valence-electron chi connectivity index (χ4n) is 1.61. The summed E-state index contributed by atoms with van der Waals surface area (Å²) < 4.78 is 0. The molecule has 86 valence electrons. The Morgan fingerprint density at radius 1 is 1.31 bits per heavy atom. The van der Waals surface area contributed by atoms with Gasteiger partial charge in [-0.2, -0.15) is 0 Å². The number of benzene rings is 1. The van der Waals surface area contributed by atoms with Gasteiger partial charge in [-0.05, 0) is 18.2 Å². The van der Waals surface area contributed by atoms with E-state index in [1.165, 1.54) is 0 Å². The van der Waals surface area contributed by atoms with E-state index in [0.29, 0.717) is 6.04 Å². The van der Waals surface area contributed by atoms with Crippen molar-refractivity contribution in [1.82, 2.24) is 15.3 Å². The summed E-state index contributed by atoms with van der Waals surface area (Å²) >= 11 is 0. The van der Waals surface area contributed by atoms with Crippen molar-refractivity contribution in [3.05, 3.63) is 24.5 Å². The minimum Gasteiger partial charge on any atom is -0.384 e. The predicted molar refractivity (Wildman–Crippen MR) is 67.7 cm³/mol. The molecule has 1 heterocycles. The Morgan fingerprint density at radius 2 is 2.19 bits per heavy atom. The highest BCUT2D eigenvalue weighted by molar-refractivity contribution is 5.78. The Balaban J connectivity index is 1.89. The fourth-order valence-corrected chi connectivity index (χ4v) is 1.61. The zero-order chi connectivity index (χ0) is 11.4. The first-order valence-electron chi connectivity index (χ1n) is 5.66. The van der Waals surface area contributed by atoms with Crippen molar-refractivity contribution in [2.45, 2.75) is 19.9 Å². The molecule has 2 rings (SSSR count). The van der Waals surface area contributed by atoms with Crippen LogP contribution in [0.1, 0.15) is 13.8 Å². The molecule has 2 aromatic rings. The highest BCUT2D eigenvalue weighted by atomic mass is 15.0. The van der Waals surface area contributed by atoms with E-state index in [1.807, 2.05) is 6.07 Å². The molecule has 0 atom stereocenters. The molecule has 0 bridgehead atoms. The van der Waals surface area contributed by atoms with E-state index in [4.69, 9.17) is 0 Å². The summed E-state index contributed by atoms with van der Waals surface area (Å²) in [5.41, 5.74) is 3.20. The van der Waals surface area contributed by atoms with Gasteiger partial charge in [0.05, 0.1) is 17.4 Å². The third-order valence-corrected chi connectivity index (χ3v) is 2.43. The Bertz CT molecular complexity index is 447. The van der Waals surface area contributed by atoms with E-state index in [9.17, 15) is 0 Å². The molecular formula is C12H18N4. The van der Waals surface area contributed by atoms with Gasteiger partial charge in [-0.1, -0.05) is 13.8 Å². The number of H-pyrrole nitrogens is 1. The van der Waals surface area contributed by atoms with Gasteiger partial charge in [-0.25, -0.2) is 4.98 Å². The maximum Gasteiger partial charge on any atom is 0.0931 e. The zero-order valence-corrected chi connectivity index (χ0v) is 9.75. The third kappa shape index (κ3) is 2.73. The highest BCUT2D eigenvalue weighted by Crippen LogP contribution is 2.14. The van der Waals surface area contributed by atoms with Crippen LogP contribution in [0.15, 0.2) is 24.5 Å². The van der Waals surface area contributed by atoms with E-state index in [-0.39, 0.29) is 0 Å². The van der Waals surface area contributed by atoms with Crippen molar-refractivity contribution in [3.8, 4) is 0 Å². The minimum absolute atomic E-state index is 0.539. The number of nitrogens with one attached hydrogen (secondary N) is 3. The van der Waals surface area contributed by atoms with E-state index in [1.54, 1.807) is 6.33 Å². The first-order valence-corrected chi connectivity index (χ1v) is 5.66. The van der Waals surface area contributed by atoms with Gasteiger partial charge in [0, 0.05) is 24.8 Å². The lowest BCUT2D eigenvalue weighted by molar-refractivity contribution is 0.602. The second-order valence-electron chi connectivity index (χ2n) is 4.17. The SMILES string of the molecule is CC(C)NCCNc1ccc2nc[nH]c2c1. The van der Waals surface area contributed by atoms with Crippen LogP contribution in [0.3, 0.4) is 0 Å². The summed E-state index contributed by atoms with van der Waals surface area (Å²) in [6.45, 7) is 6.20. The Labute approximate surface area is 95.5 Å². The zero-order valence-electron chi connectivity index (χ0n) is 9.75. The number of hydrogen-bond donors (Lipinski definition) is 3. The molecular weight excluding hydrogens is 200 g/mol. The van der Waals surface area contributed by atoms with Crippen LogP contribution in [0.5, 0.6) is 0 Å². The lowest BCUT2D eigenvalue weighted by Gasteiger charge is -2.09. The molecule has 0 aliphatic rings. The number of aromatic nitrogens is 2. The summed E-state index contributed by atoms with van der Waals surface area (Å²) in [7, 11) is 0. The predicted octanol–water partition coefficient (Wildman–Crippen LogP) is 1.97. The lowest BCUT2D eigenvalue weighted by Crippen LogP contribution is -2.28. The van der Waals surface area contributed by atoms with Crippen LogP contribution in [0.2, 0.25) is 0 Å². The normalized spacial score (nSPS) is 11.2. The molecule has 0 saturated heterocycles. The minimum atomic E-state index is 0.539. The van der Waals surface area contributed by atoms with Crippen LogP contribution in [0.25, 0.3) is 11.0 Å². The fraction of sp³-hybridized carbons (Fsp3) is 0.417. The van der Waals surface area contributed by atoms with Gasteiger partial charge in [0.25, 0.3) is 0 Å². The highest BCUT2D eigenvalue weighted by Gasteiger charge is 1.97. The Kier molecular flexibility index (Phi) is 3.41. The summed E-state index contributed by atoms with van der Waals surface area (Å²) in [6, 6.07) is 6.69. The van der Waals surface area contributed by atoms with Crippen molar-refractivity contribution in [2.75, 3.05) is 18.4 Å². The molecule has 0 aliphatic carbocycles. The molecule has 0 spiro atoms. The molecule has 4 heteroatoms. The summed E-state index contributed by atoms with van der Waals surface area (Å²) in [4.78, 5) is 7.29. The largest absolute Gasteiger partial charge is 0.384 e. The van der Waals surface area contributed by atoms with E-state index >= 15 is 0 Å². The molecule has 16 heavy (non-hydrogen) atoms. The van der Waals surface area contributed by atoms with E-state index < -0.39 is 0 Å². The van der Waals surface area contributed by atoms with Crippen molar-refractivity contribution in [1.29, 1.82) is 0 Å². The number of imidazole rings is 1. The maximum absolute atomic E-state index is 4.18. The van der Waals surface area contributed by atoms with Crippen LogP contribution in [-0.2, 0) is 0 Å². The van der Waals surface area contributed by atoms with Crippen LogP contribution in [0, 0.1) is 0 Å². The first-order chi connectivity index (χ1) is 7.75. The number of aromatic amines is 1. The summed E-state index contributed by atoms with van der Waals surface area (Å²) in [6.07, 6.45) is 1.72. The molecule has 1 aromatic carbocycles. The average Bonchev–Trinajstić information content (AvgIpc) is 2.71. The Morgan fingerprint density at radius 3 is 3.00 bits per heavy atom. The quantitative estimate of drug-likeness (QED) is 0.673. The molecule has 1 aromatic heterocycles. The molecule has 0 amide bonds. The van der Waals surface area contributed by atoms with Crippen LogP contribution >= 0.6 is 0 Å². The van der Waals surface area contributed by atoms with E-state index in [2.05, 4.69) is 46.6 Å². The third-order valence-electron chi connectivity index (χ3n) is 2.43. The Hall–Kier alpha value is -1.55. The van der Waals surface area contributed by atoms with Gasteiger partial charge < -0.3 is 15.6 Å². The van der Waals surface area contributed by atoms with Crippen LogP contribution < -0.4 is 10.6 Å². The standard InChI is InChI=1S/C12H18N4/c1-9(2)13-5-6-14-10-3-4-11-12(7-10)16-8-15-11/h3-4,7-9,13-14H,5-6H2,1-2H3,(H,15,16). The summed E-state index contributed by atoms with van der Waals surface area (Å²) in [5.74, 6) is 0. The average molecular weight is 218 g/mol. The monoisotopic (exact) mass is 218 g/mol. The van der Waals surface area contributed by atoms with Crippen molar-refractivity contribution >= 4 is 16.7 Å². The van der Waals surface area contributed by atoms with Gasteiger partial charge in [0.1, 0.15) is 0 Å². The van der Waals surface area contributed by atoms with Gasteiger partial charge in [0.15, 0.2) is 0 Å². The second-order valence-corrected chi connectivity index (χ2v) is 4.17. The van der Waals surface area contributed by atoms with Crippen molar-refractivity contribution in [3.63, 3.8) is 0 Å². The van der Waals surface area contributed by atoms with Gasteiger partial charge >= 0.3 is 0 Å². The lowest BCUT2D eigenvalue weighted by atomic mass is 10.3. The van der Waals surface area contributed by atoms with Gasteiger partial charge in [-0.15, -0.1) is 0 Å². The van der Waals surface area contributed by atoms with Gasteiger partial charge in [-0.3, -0.25) is 0 Å². The van der Waals surface area contributed by atoms with Gasteiger partial charge in [0.2, 0.25) is 0 Å². The second kappa shape index (κ2) is 4.99. The van der Waals surface area contributed by atoms with E-state index in [0.717, 1.165) is 29.8 Å². The van der Waals surface area contributed by atoms with Crippen LogP contribution in [0.4, 0.5) is 5.69 Å². The molecule has 0 unspecified atom stereocenters. The number of hydrogen-bond acceptors (Lipinski definition) is 3. The number of fused-ring (bicyclic) bond motifs is 1. The molecule has 3 N–H and O–H groups in total. The van der Waals surface area contributed by atoms with Crippen LogP contribution in [-0.4, -0.2) is 29.1 Å². The number of anilines is 1. The molecule has 0 aliphatic heterocycles. The molecule has 0 saturated carbocycles. The summed E-state index contributed by atoms with van der Waals surface area (Å²) in [5, 5.41) is 6.74. The van der Waals surface area contributed by atoms with Crippen molar-refractivity contribution < 1.29 is 0 Å².